The molecule has 8 heteroatoms. The van der Waals surface area contributed by atoms with Gasteiger partial charge in [-0.1, -0.05) is 24.8 Å². The second-order valence-electron chi connectivity index (χ2n) is 8.50. The van der Waals surface area contributed by atoms with E-state index in [-0.39, 0.29) is 13.0 Å². The number of esters is 1. The monoisotopic (exact) mass is 434 g/mol. The Morgan fingerprint density at radius 2 is 1.94 bits per heavy atom. The quantitative estimate of drug-likeness (QED) is 0.525. The molecular weight excluding hydrogens is 403 g/mol. The predicted molar refractivity (Wildman–Crippen MR) is 114 cm³/mol. The maximum absolute atomic E-state index is 13.2. The lowest BCUT2D eigenvalue weighted by Crippen LogP contribution is -2.56. The Bertz CT molecular complexity index is 788. The Kier molecular flexibility index (Phi) is 8.59. The minimum Gasteiger partial charge on any atom is -0.460 e. The number of piperidine rings is 1. The van der Waals surface area contributed by atoms with Crippen molar-refractivity contribution in [3.05, 3.63) is 48.3 Å². The number of amides is 2. The van der Waals surface area contributed by atoms with Gasteiger partial charge in [-0.25, -0.2) is 14.0 Å². The molecule has 2 rings (SSSR count). The van der Waals surface area contributed by atoms with Crippen LogP contribution in [0, 0.1) is 5.82 Å². The van der Waals surface area contributed by atoms with Crippen LogP contribution in [0.1, 0.15) is 45.6 Å². The number of likely N-dealkylation sites (tertiary alicyclic amines) is 1. The Balaban J connectivity index is 2.15. The Morgan fingerprint density at radius 3 is 2.55 bits per heavy atom. The van der Waals surface area contributed by atoms with Gasteiger partial charge in [0.05, 0.1) is 0 Å². The lowest BCUT2D eigenvalue weighted by atomic mass is 10.0. The molecule has 7 nitrogen and oxygen atoms in total. The molecule has 1 N–H and O–H groups in total. The van der Waals surface area contributed by atoms with Crippen molar-refractivity contribution in [2.75, 3.05) is 13.2 Å². The smallest absolute Gasteiger partial charge is 0.410 e. The first-order valence-electron chi connectivity index (χ1n) is 10.4. The van der Waals surface area contributed by atoms with E-state index >= 15 is 0 Å². The van der Waals surface area contributed by atoms with Gasteiger partial charge in [-0.05, 0) is 57.7 Å². The molecule has 0 aromatic heterocycles. The third kappa shape index (κ3) is 7.70. The molecule has 0 aliphatic carbocycles. The summed E-state index contributed by atoms with van der Waals surface area (Å²) in [6.45, 7) is 9.20. The molecule has 0 bridgehead atoms. The van der Waals surface area contributed by atoms with Crippen LogP contribution in [0.2, 0.25) is 0 Å². The molecule has 0 radical (unpaired) electrons. The van der Waals surface area contributed by atoms with Crippen molar-refractivity contribution >= 4 is 18.0 Å². The second-order valence-corrected chi connectivity index (χ2v) is 8.50. The number of hydrogen-bond acceptors (Lipinski definition) is 5. The van der Waals surface area contributed by atoms with Crippen LogP contribution in [0.25, 0.3) is 0 Å². The highest BCUT2D eigenvalue weighted by atomic mass is 19.1. The molecule has 170 valence electrons. The van der Waals surface area contributed by atoms with Crippen LogP contribution >= 0.6 is 0 Å². The minimum absolute atomic E-state index is 0.00207. The Morgan fingerprint density at radius 1 is 1.26 bits per heavy atom. The van der Waals surface area contributed by atoms with E-state index in [1.807, 2.05) is 0 Å². The van der Waals surface area contributed by atoms with Crippen LogP contribution in [0.3, 0.4) is 0 Å². The van der Waals surface area contributed by atoms with E-state index in [4.69, 9.17) is 9.47 Å². The SMILES string of the molecule is C=CCOC(=O)[C@H](Cc1ccc(F)cc1)NC(=O)[C@@H]1CCCCN1C(=O)OC(C)(C)C. The predicted octanol–water partition coefficient (Wildman–Crippen LogP) is 3.37. The van der Waals surface area contributed by atoms with Crippen LogP contribution in [0.5, 0.6) is 0 Å². The fourth-order valence-electron chi connectivity index (χ4n) is 3.30. The number of nitrogens with one attached hydrogen (secondary N) is 1. The van der Waals surface area contributed by atoms with Crippen LogP contribution in [-0.2, 0) is 25.5 Å². The molecule has 31 heavy (non-hydrogen) atoms. The van der Waals surface area contributed by atoms with Gasteiger partial charge in [0, 0.05) is 13.0 Å². The van der Waals surface area contributed by atoms with Gasteiger partial charge in [0.1, 0.15) is 30.1 Å². The van der Waals surface area contributed by atoms with Crippen LogP contribution in [-0.4, -0.2) is 53.7 Å². The molecule has 1 aromatic carbocycles. The third-order valence-electron chi connectivity index (χ3n) is 4.73. The average molecular weight is 435 g/mol. The molecule has 0 unspecified atom stereocenters. The van der Waals surface area contributed by atoms with E-state index in [0.29, 0.717) is 18.5 Å². The summed E-state index contributed by atoms with van der Waals surface area (Å²) in [5.74, 6) is -1.47. The summed E-state index contributed by atoms with van der Waals surface area (Å²) in [5.41, 5.74) is -0.0234. The summed E-state index contributed by atoms with van der Waals surface area (Å²) in [4.78, 5) is 39.6. The fraction of sp³-hybridized carbons (Fsp3) is 0.522. The number of benzene rings is 1. The Labute approximate surface area is 182 Å². The molecule has 1 aromatic rings. The highest BCUT2D eigenvalue weighted by Crippen LogP contribution is 2.21. The average Bonchev–Trinajstić information content (AvgIpc) is 2.71. The highest BCUT2D eigenvalue weighted by Gasteiger charge is 2.36. The molecule has 2 atom stereocenters. The number of rotatable bonds is 7. The lowest BCUT2D eigenvalue weighted by molar-refractivity contribution is -0.147. The van der Waals surface area contributed by atoms with Crippen molar-refractivity contribution in [1.29, 1.82) is 0 Å². The topological polar surface area (TPSA) is 84.9 Å². The van der Waals surface area contributed by atoms with Gasteiger partial charge in [0.25, 0.3) is 0 Å². The first-order chi connectivity index (χ1) is 14.6. The Hall–Kier alpha value is -2.90. The van der Waals surface area contributed by atoms with Crippen molar-refractivity contribution in [2.45, 2.75) is 64.1 Å². The van der Waals surface area contributed by atoms with Gasteiger partial charge >= 0.3 is 12.1 Å². The number of hydrogen-bond donors (Lipinski definition) is 1. The van der Waals surface area contributed by atoms with E-state index in [1.165, 1.54) is 23.1 Å². The zero-order valence-corrected chi connectivity index (χ0v) is 18.4. The molecule has 1 aliphatic rings. The third-order valence-corrected chi connectivity index (χ3v) is 4.73. The van der Waals surface area contributed by atoms with Crippen molar-refractivity contribution in [3.8, 4) is 0 Å². The van der Waals surface area contributed by atoms with E-state index in [1.54, 1.807) is 32.9 Å². The summed E-state index contributed by atoms with van der Waals surface area (Å²) in [7, 11) is 0. The highest BCUT2D eigenvalue weighted by molar-refractivity contribution is 5.90. The van der Waals surface area contributed by atoms with Gasteiger partial charge in [-0.3, -0.25) is 9.69 Å². The van der Waals surface area contributed by atoms with E-state index in [0.717, 1.165) is 12.8 Å². The van der Waals surface area contributed by atoms with Crippen molar-refractivity contribution in [3.63, 3.8) is 0 Å². The zero-order chi connectivity index (χ0) is 23.0. The molecule has 0 saturated carbocycles. The zero-order valence-electron chi connectivity index (χ0n) is 18.4. The summed E-state index contributed by atoms with van der Waals surface area (Å²) in [6, 6.07) is 3.93. The molecule has 2 amide bonds. The summed E-state index contributed by atoms with van der Waals surface area (Å²) in [6.07, 6.45) is 3.01. The number of carbonyl (C=O) groups is 3. The molecule has 1 heterocycles. The minimum atomic E-state index is -0.986. The van der Waals surface area contributed by atoms with Gasteiger partial charge in [0.15, 0.2) is 0 Å². The van der Waals surface area contributed by atoms with Crippen molar-refractivity contribution in [1.82, 2.24) is 10.2 Å². The van der Waals surface area contributed by atoms with E-state index in [9.17, 15) is 18.8 Å². The molecule has 0 spiro atoms. The first-order valence-corrected chi connectivity index (χ1v) is 10.4. The van der Waals surface area contributed by atoms with E-state index in [2.05, 4.69) is 11.9 Å². The first kappa shape index (κ1) is 24.4. The summed E-state index contributed by atoms with van der Waals surface area (Å²) in [5, 5.41) is 2.72. The maximum Gasteiger partial charge on any atom is 0.410 e. The molecule has 1 fully saturated rings. The lowest BCUT2D eigenvalue weighted by Gasteiger charge is -2.36. The van der Waals surface area contributed by atoms with Gasteiger partial charge in [-0.15, -0.1) is 0 Å². The largest absolute Gasteiger partial charge is 0.460 e. The summed E-state index contributed by atoms with van der Waals surface area (Å²) < 4.78 is 23.8. The van der Waals surface area contributed by atoms with Crippen molar-refractivity contribution in [2.24, 2.45) is 0 Å². The fourth-order valence-corrected chi connectivity index (χ4v) is 3.30. The standard InChI is InChI=1S/C23H31FN2O5/c1-5-14-30-21(28)18(15-16-9-11-17(24)12-10-16)25-20(27)19-8-6-7-13-26(19)22(29)31-23(2,3)4/h5,9-12,18-19H,1,6-8,13-15H2,2-4H3,(H,25,27)/t18-,19-/m0/s1. The van der Waals surface area contributed by atoms with Gasteiger partial charge in [0.2, 0.25) is 5.91 Å². The normalized spacial score (nSPS) is 17.4. The van der Waals surface area contributed by atoms with Crippen LogP contribution in [0.4, 0.5) is 9.18 Å². The van der Waals surface area contributed by atoms with E-state index < -0.39 is 41.5 Å². The molecular formula is C23H31FN2O5. The van der Waals surface area contributed by atoms with Crippen LogP contribution < -0.4 is 5.32 Å². The molecule has 1 saturated heterocycles. The van der Waals surface area contributed by atoms with Gasteiger partial charge < -0.3 is 14.8 Å². The number of nitrogens with zero attached hydrogens (tertiary/aromatic N) is 1. The second kappa shape index (κ2) is 10.9. The summed E-state index contributed by atoms with van der Waals surface area (Å²) >= 11 is 0. The maximum atomic E-state index is 13.2. The number of carbonyl (C=O) groups excluding carboxylic acids is 3. The molecule has 1 aliphatic heterocycles. The number of halogens is 1. The van der Waals surface area contributed by atoms with Crippen LogP contribution in [0.15, 0.2) is 36.9 Å². The number of ether oxygens (including phenoxy) is 2. The van der Waals surface area contributed by atoms with Gasteiger partial charge in [-0.2, -0.15) is 0 Å². The van der Waals surface area contributed by atoms with Crippen molar-refractivity contribution < 1.29 is 28.2 Å².